The van der Waals surface area contributed by atoms with Gasteiger partial charge in [0.25, 0.3) is 0 Å². The normalized spacial score (nSPS) is 12.4. The van der Waals surface area contributed by atoms with Gasteiger partial charge in [0.15, 0.2) is 0 Å². The number of imidazole rings is 1. The summed E-state index contributed by atoms with van der Waals surface area (Å²) in [5.41, 5.74) is 10.6. The summed E-state index contributed by atoms with van der Waals surface area (Å²) in [5.74, 6) is 0.248. The van der Waals surface area contributed by atoms with Gasteiger partial charge in [0.05, 0.1) is 50.3 Å². The van der Waals surface area contributed by atoms with Crippen LogP contribution in [-0.4, -0.2) is 48.8 Å². The second-order valence-electron chi connectivity index (χ2n) is 14.3. The average molecular weight is 690 g/mol. The van der Waals surface area contributed by atoms with Crippen LogP contribution < -0.4 is 0 Å². The maximum absolute atomic E-state index is 6.62. The molecule has 246 valence electrons. The molecule has 2 heterocycles. The van der Waals surface area contributed by atoms with Crippen molar-refractivity contribution in [2.45, 2.75) is 10.3 Å². The van der Waals surface area contributed by atoms with Crippen LogP contribution in [0.15, 0.2) is 168 Å². The van der Waals surface area contributed by atoms with E-state index in [1.165, 1.54) is 0 Å². The number of furan rings is 1. The van der Waals surface area contributed by atoms with Crippen molar-refractivity contribution >= 4 is 93.7 Å². The average Bonchev–Trinajstić information content (AvgIpc) is 3.79. The zero-order valence-electron chi connectivity index (χ0n) is 29.8. The largest absolute Gasteiger partial charge is 0.456 e. The van der Waals surface area contributed by atoms with Gasteiger partial charge in [-0.2, -0.15) is 0 Å². The van der Waals surface area contributed by atoms with Crippen molar-refractivity contribution < 1.29 is 4.42 Å². The topological polar surface area (TPSA) is 31.0 Å². The molecule has 0 amide bonds. The molecule has 0 spiro atoms. The number of nitrogens with zero attached hydrogens (tertiary/aromatic N) is 2. The van der Waals surface area contributed by atoms with Crippen molar-refractivity contribution in [2.75, 3.05) is 0 Å². The van der Waals surface area contributed by atoms with E-state index in [0.29, 0.717) is 5.52 Å². The van der Waals surface area contributed by atoms with Crippen LogP contribution in [0.3, 0.4) is 0 Å². The monoisotopic (exact) mass is 690 g/mol. The smallest absolute Gasteiger partial charge is 0.135 e. The van der Waals surface area contributed by atoms with Crippen LogP contribution in [0.4, 0.5) is 0 Å². The molecule has 0 atom stereocenters. The predicted molar refractivity (Wildman–Crippen MR) is 233 cm³/mol. The van der Waals surface area contributed by atoms with Gasteiger partial charge in [-0.25, -0.2) is 4.98 Å². The van der Waals surface area contributed by atoms with Gasteiger partial charge in [-0.3, -0.25) is 4.57 Å². The number of hydrogen-bond donors (Lipinski definition) is 0. The summed E-state index contributed by atoms with van der Waals surface area (Å²) in [7, 11) is 31.8. The molecule has 0 aliphatic rings. The van der Waals surface area contributed by atoms with Crippen molar-refractivity contribution in [3.63, 3.8) is 0 Å². The lowest BCUT2D eigenvalue weighted by molar-refractivity contribution is 0.669. The van der Waals surface area contributed by atoms with E-state index in [0.717, 1.165) is 88.1 Å². The van der Waals surface area contributed by atoms with E-state index in [1.54, 1.807) is 0 Å². The Bertz CT molecular complexity index is 3120. The Hall–Kier alpha value is -6.13. The van der Waals surface area contributed by atoms with E-state index < -0.39 is 10.3 Å². The first-order valence-corrected chi connectivity index (χ1v) is 18.2. The summed E-state index contributed by atoms with van der Waals surface area (Å²) in [5, 5.41) is 2.80. The maximum Gasteiger partial charge on any atom is 0.135 e. The van der Waals surface area contributed by atoms with Crippen molar-refractivity contribution in [2.24, 2.45) is 0 Å². The van der Waals surface area contributed by atoms with Crippen molar-refractivity contribution in [3.8, 4) is 39.1 Å². The van der Waals surface area contributed by atoms with E-state index in [1.807, 2.05) is 59.2 Å². The summed E-state index contributed by atoms with van der Waals surface area (Å²) in [6.45, 7) is 0. The van der Waals surface area contributed by atoms with Crippen molar-refractivity contribution in [3.05, 3.63) is 170 Å². The molecular weight excluding hydrogens is 663 g/mol. The first-order valence-electron chi connectivity index (χ1n) is 18.2. The fraction of sp³-hybridized carbons (Fsp3) is 0.0426. The SMILES string of the molecule is [B]C([B])([B])C([B])([B])c1nc2ccccc2n1-c1cccc(-c2c3ccccc3c(-c3ccc4oc5ccccc5c4c3)c3cc(-c4ccccc4)ccc23)c1. The van der Waals surface area contributed by atoms with Gasteiger partial charge >= 0.3 is 0 Å². The minimum absolute atomic E-state index is 0.248. The molecule has 0 saturated carbocycles. The van der Waals surface area contributed by atoms with Gasteiger partial charge < -0.3 is 4.42 Å². The summed E-state index contributed by atoms with van der Waals surface area (Å²) >= 11 is 0. The molecule has 8 aromatic carbocycles. The van der Waals surface area contributed by atoms with E-state index in [4.69, 9.17) is 48.6 Å². The standard InChI is InChI=1S/C47H27B5N2O/c48-46(49,47(50,51)52)45-53-39-18-7-8-19-40(39)54(45)32-14-10-13-30(25-32)43-34-16-4-5-17-35(34)44(38-26-29(21-23-36(38)43)28-11-2-1-3-12-28)31-22-24-42-37(27-31)33-15-6-9-20-41(33)55-42/h1-27H. The molecule has 10 radical (unpaired) electrons. The lowest BCUT2D eigenvalue weighted by atomic mass is 9.23. The van der Waals surface area contributed by atoms with Gasteiger partial charge in [-0.15, -0.1) is 5.11 Å². The minimum atomic E-state index is -1.96. The van der Waals surface area contributed by atoms with E-state index in [-0.39, 0.29) is 5.82 Å². The molecule has 10 aromatic rings. The highest BCUT2D eigenvalue weighted by Gasteiger charge is 2.36. The summed E-state index contributed by atoms with van der Waals surface area (Å²) < 4.78 is 8.15. The zero-order valence-corrected chi connectivity index (χ0v) is 29.8. The summed E-state index contributed by atoms with van der Waals surface area (Å²) in [4.78, 5) is 4.82. The van der Waals surface area contributed by atoms with Gasteiger partial charge in [-0.05, 0) is 103 Å². The summed E-state index contributed by atoms with van der Waals surface area (Å²) in [6.07, 6.45) is 0. The highest BCUT2D eigenvalue weighted by molar-refractivity contribution is 6.67. The third kappa shape index (κ3) is 5.30. The lowest BCUT2D eigenvalue weighted by Crippen LogP contribution is -2.45. The molecule has 2 aromatic heterocycles. The molecule has 0 unspecified atom stereocenters. The van der Waals surface area contributed by atoms with Crippen LogP contribution in [0.1, 0.15) is 5.82 Å². The highest BCUT2D eigenvalue weighted by atomic mass is 16.3. The Morgan fingerprint density at radius 3 is 1.80 bits per heavy atom. The van der Waals surface area contributed by atoms with E-state index >= 15 is 0 Å². The molecule has 10 rings (SSSR count). The quantitative estimate of drug-likeness (QED) is 0.129. The van der Waals surface area contributed by atoms with Crippen LogP contribution in [-0.2, 0) is 5.21 Å². The van der Waals surface area contributed by atoms with Gasteiger partial charge in [0, 0.05) is 16.5 Å². The fourth-order valence-electron chi connectivity index (χ4n) is 8.05. The Morgan fingerprint density at radius 2 is 1.02 bits per heavy atom. The number of benzene rings is 8. The highest BCUT2D eigenvalue weighted by Crippen LogP contribution is 2.46. The molecule has 0 fully saturated rings. The van der Waals surface area contributed by atoms with Crippen molar-refractivity contribution in [1.82, 2.24) is 9.55 Å². The molecule has 0 saturated heterocycles. The van der Waals surface area contributed by atoms with Crippen molar-refractivity contribution in [1.29, 1.82) is 0 Å². The number of aromatic nitrogens is 2. The van der Waals surface area contributed by atoms with E-state index in [2.05, 4.69) is 109 Å². The molecule has 0 bridgehead atoms. The number of para-hydroxylation sites is 3. The van der Waals surface area contributed by atoms with Gasteiger partial charge in [0.1, 0.15) is 17.0 Å². The van der Waals surface area contributed by atoms with Crippen LogP contribution in [0.5, 0.6) is 0 Å². The zero-order chi connectivity index (χ0) is 37.5. The fourth-order valence-corrected chi connectivity index (χ4v) is 8.05. The first-order chi connectivity index (χ1) is 26.7. The second-order valence-corrected chi connectivity index (χ2v) is 14.3. The Labute approximate surface area is 325 Å². The van der Waals surface area contributed by atoms with Gasteiger partial charge in [-0.1, -0.05) is 120 Å². The van der Waals surface area contributed by atoms with E-state index in [9.17, 15) is 0 Å². The number of rotatable bonds is 6. The molecule has 0 aliphatic heterocycles. The van der Waals surface area contributed by atoms with Crippen LogP contribution in [0, 0.1) is 0 Å². The molecule has 8 heteroatoms. The molecule has 0 aliphatic carbocycles. The molecule has 3 nitrogen and oxygen atoms in total. The van der Waals surface area contributed by atoms with Crippen LogP contribution >= 0.6 is 0 Å². The van der Waals surface area contributed by atoms with Crippen LogP contribution in [0.25, 0.3) is 93.6 Å². The second kappa shape index (κ2) is 12.5. The minimum Gasteiger partial charge on any atom is -0.456 e. The molecular formula is C47H27B5N2O. The maximum atomic E-state index is 6.62. The first kappa shape index (κ1) is 33.4. The summed E-state index contributed by atoms with van der Waals surface area (Å²) in [6, 6.07) is 56.6. The third-order valence-corrected chi connectivity index (χ3v) is 10.8. The van der Waals surface area contributed by atoms with Gasteiger partial charge in [0.2, 0.25) is 0 Å². The molecule has 0 N–H and O–H groups in total. The molecule has 55 heavy (non-hydrogen) atoms. The third-order valence-electron chi connectivity index (χ3n) is 10.8. The lowest BCUT2D eigenvalue weighted by Gasteiger charge is -2.41. The predicted octanol–water partition coefficient (Wildman–Crippen LogP) is 10.3. The number of hydrogen-bond acceptors (Lipinski definition) is 2. The number of fused-ring (bicyclic) bond motifs is 6. The Balaban J connectivity index is 1.27. The Morgan fingerprint density at radius 1 is 0.436 bits per heavy atom. The van der Waals surface area contributed by atoms with Crippen LogP contribution in [0.2, 0.25) is 5.11 Å². The Kier molecular flexibility index (Phi) is 7.58.